The highest BCUT2D eigenvalue weighted by atomic mass is 35.5. The van der Waals surface area contributed by atoms with Crippen molar-refractivity contribution in [1.29, 1.82) is 0 Å². The zero-order chi connectivity index (χ0) is 16.9. The van der Waals surface area contributed by atoms with E-state index in [0.29, 0.717) is 18.2 Å². The van der Waals surface area contributed by atoms with E-state index in [9.17, 15) is 4.79 Å². The molecule has 24 heavy (non-hydrogen) atoms. The van der Waals surface area contributed by atoms with Gasteiger partial charge in [0.15, 0.2) is 0 Å². The van der Waals surface area contributed by atoms with Crippen LogP contribution < -0.4 is 5.32 Å². The molecule has 1 saturated heterocycles. The number of hydrogen-bond acceptors (Lipinski definition) is 3. The lowest BCUT2D eigenvalue weighted by atomic mass is 10.00. The van der Waals surface area contributed by atoms with Crippen molar-refractivity contribution >= 4 is 23.2 Å². The summed E-state index contributed by atoms with van der Waals surface area (Å²) in [7, 11) is 0. The summed E-state index contributed by atoms with van der Waals surface area (Å²) in [4.78, 5) is 18.7. The quantitative estimate of drug-likeness (QED) is 0.904. The second kappa shape index (κ2) is 7.67. The maximum atomic E-state index is 12.5. The van der Waals surface area contributed by atoms with Crippen molar-refractivity contribution < 1.29 is 4.79 Å². The highest BCUT2D eigenvalue weighted by Gasteiger charge is 2.22. The van der Waals surface area contributed by atoms with Gasteiger partial charge in [0.05, 0.1) is 11.9 Å². The minimum Gasteiger partial charge on any atom is -0.380 e. The van der Waals surface area contributed by atoms with Crippen molar-refractivity contribution in [2.45, 2.75) is 26.3 Å². The number of nitrogens with one attached hydrogen (secondary N) is 1. The predicted molar refractivity (Wildman–Crippen MR) is 97.3 cm³/mol. The maximum absolute atomic E-state index is 12.5. The monoisotopic (exact) mass is 343 g/mol. The standard InChI is InChI=1S/C19H22ClN3O/c1-14-3-2-10-23(13-14)19(24)18-9-8-17(12-22-18)21-11-15-4-6-16(20)7-5-15/h4-9,12,14,21H,2-3,10-11,13H2,1H3. The molecule has 1 fully saturated rings. The fraction of sp³-hybridized carbons (Fsp3) is 0.368. The second-order valence-corrected chi connectivity index (χ2v) is 6.85. The van der Waals surface area contributed by atoms with E-state index in [-0.39, 0.29) is 5.91 Å². The number of aromatic nitrogens is 1. The number of pyridine rings is 1. The first kappa shape index (κ1) is 16.8. The van der Waals surface area contributed by atoms with Crippen molar-refractivity contribution in [3.63, 3.8) is 0 Å². The number of anilines is 1. The van der Waals surface area contributed by atoms with Crippen LogP contribution in [0.1, 0.15) is 35.8 Å². The number of carbonyl (C=O) groups is 1. The zero-order valence-electron chi connectivity index (χ0n) is 13.8. The number of hydrogen-bond donors (Lipinski definition) is 1. The summed E-state index contributed by atoms with van der Waals surface area (Å²) in [5.74, 6) is 0.605. The SMILES string of the molecule is CC1CCCN(C(=O)c2ccc(NCc3ccc(Cl)cc3)cn2)C1. The highest BCUT2D eigenvalue weighted by molar-refractivity contribution is 6.30. The second-order valence-electron chi connectivity index (χ2n) is 6.41. The number of benzene rings is 1. The molecule has 0 radical (unpaired) electrons. The van der Waals surface area contributed by atoms with Gasteiger partial charge in [-0.25, -0.2) is 4.98 Å². The Hall–Kier alpha value is -2.07. The molecule has 1 aliphatic heterocycles. The van der Waals surface area contributed by atoms with Crippen LogP contribution in [0.25, 0.3) is 0 Å². The van der Waals surface area contributed by atoms with Gasteiger partial charge in [0, 0.05) is 24.7 Å². The largest absolute Gasteiger partial charge is 0.380 e. The molecule has 0 bridgehead atoms. The van der Waals surface area contributed by atoms with Gasteiger partial charge in [-0.1, -0.05) is 30.7 Å². The lowest BCUT2D eigenvalue weighted by molar-refractivity contribution is 0.0677. The number of piperidine rings is 1. The van der Waals surface area contributed by atoms with Crippen molar-refractivity contribution in [3.05, 3.63) is 58.9 Å². The highest BCUT2D eigenvalue weighted by Crippen LogP contribution is 2.18. The van der Waals surface area contributed by atoms with E-state index < -0.39 is 0 Å². The van der Waals surface area contributed by atoms with Crippen molar-refractivity contribution in [2.75, 3.05) is 18.4 Å². The molecule has 0 aliphatic carbocycles. The molecule has 1 N–H and O–H groups in total. The third kappa shape index (κ3) is 4.26. The topological polar surface area (TPSA) is 45.2 Å². The summed E-state index contributed by atoms with van der Waals surface area (Å²) in [5.41, 5.74) is 2.55. The Morgan fingerprint density at radius 2 is 2.08 bits per heavy atom. The molecule has 1 atom stereocenters. The molecule has 1 aromatic carbocycles. The van der Waals surface area contributed by atoms with Crippen LogP contribution in [0.15, 0.2) is 42.6 Å². The molecule has 1 amide bonds. The first-order chi connectivity index (χ1) is 11.6. The van der Waals surface area contributed by atoms with Crippen LogP contribution in [0, 0.1) is 5.92 Å². The Labute approximate surface area is 147 Å². The van der Waals surface area contributed by atoms with E-state index in [2.05, 4.69) is 17.2 Å². The van der Waals surface area contributed by atoms with E-state index in [1.54, 1.807) is 12.3 Å². The van der Waals surface area contributed by atoms with Crippen LogP contribution >= 0.6 is 11.6 Å². The molecular formula is C19H22ClN3O. The summed E-state index contributed by atoms with van der Waals surface area (Å²) in [6.45, 7) is 4.55. The van der Waals surface area contributed by atoms with Crippen LogP contribution in [-0.4, -0.2) is 28.9 Å². The molecule has 0 saturated carbocycles. The van der Waals surface area contributed by atoms with Gasteiger partial charge in [0.1, 0.15) is 5.69 Å². The molecule has 1 unspecified atom stereocenters. The summed E-state index contributed by atoms with van der Waals surface area (Å²) < 4.78 is 0. The van der Waals surface area contributed by atoms with Crippen LogP contribution in [0.5, 0.6) is 0 Å². The molecule has 126 valence electrons. The van der Waals surface area contributed by atoms with Crippen LogP contribution in [-0.2, 0) is 6.54 Å². The van der Waals surface area contributed by atoms with Gasteiger partial charge in [-0.05, 0) is 48.6 Å². The lowest BCUT2D eigenvalue weighted by Gasteiger charge is -2.30. The fourth-order valence-electron chi connectivity index (χ4n) is 2.97. The Morgan fingerprint density at radius 3 is 2.75 bits per heavy atom. The Morgan fingerprint density at radius 1 is 1.29 bits per heavy atom. The Kier molecular flexibility index (Phi) is 5.36. The molecular weight excluding hydrogens is 322 g/mol. The average Bonchev–Trinajstić information content (AvgIpc) is 2.61. The van der Waals surface area contributed by atoms with Gasteiger partial charge in [-0.3, -0.25) is 4.79 Å². The van der Waals surface area contributed by atoms with Crippen molar-refractivity contribution in [2.24, 2.45) is 5.92 Å². The number of likely N-dealkylation sites (tertiary alicyclic amines) is 1. The Bertz CT molecular complexity index is 685. The van der Waals surface area contributed by atoms with E-state index in [1.807, 2.05) is 35.2 Å². The Balaban J connectivity index is 1.58. The van der Waals surface area contributed by atoms with Gasteiger partial charge in [-0.15, -0.1) is 0 Å². The third-order valence-electron chi connectivity index (χ3n) is 4.34. The van der Waals surface area contributed by atoms with Crippen LogP contribution in [0.2, 0.25) is 5.02 Å². The van der Waals surface area contributed by atoms with Gasteiger partial charge >= 0.3 is 0 Å². The summed E-state index contributed by atoms with van der Waals surface area (Å²) in [6, 6.07) is 11.4. The minimum atomic E-state index is 0.0331. The zero-order valence-corrected chi connectivity index (χ0v) is 14.6. The average molecular weight is 344 g/mol. The molecule has 0 spiro atoms. The maximum Gasteiger partial charge on any atom is 0.272 e. The van der Waals surface area contributed by atoms with Crippen molar-refractivity contribution in [3.8, 4) is 0 Å². The number of rotatable bonds is 4. The molecule has 2 heterocycles. The van der Waals surface area contributed by atoms with Gasteiger partial charge in [-0.2, -0.15) is 0 Å². The third-order valence-corrected chi connectivity index (χ3v) is 4.59. The lowest BCUT2D eigenvalue weighted by Crippen LogP contribution is -2.39. The number of amides is 1. The van der Waals surface area contributed by atoms with Crippen LogP contribution in [0.4, 0.5) is 5.69 Å². The summed E-state index contributed by atoms with van der Waals surface area (Å²) in [5, 5.41) is 4.03. The molecule has 3 rings (SSSR count). The van der Waals surface area contributed by atoms with Crippen LogP contribution in [0.3, 0.4) is 0 Å². The van der Waals surface area contributed by atoms with E-state index >= 15 is 0 Å². The summed E-state index contributed by atoms with van der Waals surface area (Å²) in [6.07, 6.45) is 3.99. The first-order valence-corrected chi connectivity index (χ1v) is 8.73. The van der Waals surface area contributed by atoms with Gasteiger partial charge in [0.2, 0.25) is 0 Å². The predicted octanol–water partition coefficient (Wildman–Crippen LogP) is 4.22. The normalized spacial score (nSPS) is 17.6. The molecule has 1 aliphatic rings. The smallest absolute Gasteiger partial charge is 0.272 e. The first-order valence-electron chi connectivity index (χ1n) is 8.35. The number of halogens is 1. The molecule has 1 aromatic heterocycles. The van der Waals surface area contributed by atoms with Gasteiger partial charge < -0.3 is 10.2 Å². The molecule has 4 nitrogen and oxygen atoms in total. The van der Waals surface area contributed by atoms with E-state index in [4.69, 9.17) is 11.6 Å². The van der Waals surface area contributed by atoms with Crippen molar-refractivity contribution in [1.82, 2.24) is 9.88 Å². The van der Waals surface area contributed by atoms with Gasteiger partial charge in [0.25, 0.3) is 5.91 Å². The number of nitrogens with zero attached hydrogens (tertiary/aromatic N) is 2. The number of carbonyl (C=O) groups excluding carboxylic acids is 1. The molecule has 5 heteroatoms. The van der Waals surface area contributed by atoms with E-state index in [1.165, 1.54) is 6.42 Å². The minimum absolute atomic E-state index is 0.0331. The fourth-order valence-corrected chi connectivity index (χ4v) is 3.09. The summed E-state index contributed by atoms with van der Waals surface area (Å²) >= 11 is 5.88. The van der Waals surface area contributed by atoms with E-state index in [0.717, 1.165) is 35.8 Å². The molecule has 2 aromatic rings.